The molecule has 0 radical (unpaired) electrons. The van der Waals surface area contributed by atoms with Gasteiger partial charge in [0.25, 0.3) is 0 Å². The van der Waals surface area contributed by atoms with Crippen molar-refractivity contribution >= 4 is 11.6 Å². The first-order valence-electron chi connectivity index (χ1n) is 6.30. The topological polar surface area (TPSA) is 12.0 Å². The van der Waals surface area contributed by atoms with Crippen LogP contribution in [0.4, 0.5) is 0 Å². The monoisotopic (exact) mass is 253 g/mol. The summed E-state index contributed by atoms with van der Waals surface area (Å²) in [7, 11) is 0. The van der Waals surface area contributed by atoms with Gasteiger partial charge in [-0.2, -0.15) is 0 Å². The fourth-order valence-corrected chi connectivity index (χ4v) is 2.10. The van der Waals surface area contributed by atoms with E-state index in [9.17, 15) is 0 Å². The van der Waals surface area contributed by atoms with E-state index in [4.69, 9.17) is 11.6 Å². The summed E-state index contributed by atoms with van der Waals surface area (Å²) in [5.74, 6) is 1.03. The molecule has 2 unspecified atom stereocenters. The molecule has 0 saturated carbocycles. The zero-order valence-electron chi connectivity index (χ0n) is 11.5. The molecular weight excluding hydrogens is 230 g/mol. The van der Waals surface area contributed by atoms with E-state index in [1.54, 1.807) is 0 Å². The molecule has 0 heterocycles. The van der Waals surface area contributed by atoms with Crippen LogP contribution in [0.25, 0.3) is 0 Å². The van der Waals surface area contributed by atoms with E-state index in [1.165, 1.54) is 5.56 Å². The van der Waals surface area contributed by atoms with Crippen molar-refractivity contribution in [3.8, 4) is 0 Å². The molecule has 1 rings (SSSR count). The van der Waals surface area contributed by atoms with Gasteiger partial charge in [0.05, 0.1) is 0 Å². The second-order valence-corrected chi connectivity index (χ2v) is 6.33. The van der Waals surface area contributed by atoms with Crippen molar-refractivity contribution in [3.63, 3.8) is 0 Å². The third-order valence-electron chi connectivity index (χ3n) is 3.20. The number of hydrogen-bond acceptors (Lipinski definition) is 1. The van der Waals surface area contributed by atoms with Crippen LogP contribution in [-0.4, -0.2) is 12.1 Å². The Balaban J connectivity index is 2.64. The summed E-state index contributed by atoms with van der Waals surface area (Å²) >= 11 is 6.23. The van der Waals surface area contributed by atoms with Crippen molar-refractivity contribution in [2.24, 2.45) is 5.92 Å². The molecule has 17 heavy (non-hydrogen) atoms. The van der Waals surface area contributed by atoms with Gasteiger partial charge in [-0.15, -0.1) is 0 Å². The SMILES string of the molecule is CC(CNC(C)(C)C)C(C)c1ccccc1Cl. The molecule has 0 aliphatic carbocycles. The van der Waals surface area contributed by atoms with Crippen molar-refractivity contribution in [1.29, 1.82) is 0 Å². The van der Waals surface area contributed by atoms with E-state index in [2.05, 4.69) is 52.1 Å². The highest BCUT2D eigenvalue weighted by molar-refractivity contribution is 6.31. The van der Waals surface area contributed by atoms with Gasteiger partial charge in [0, 0.05) is 10.6 Å². The lowest BCUT2D eigenvalue weighted by molar-refractivity contribution is 0.359. The molecule has 0 amide bonds. The molecule has 0 bridgehead atoms. The molecule has 1 aromatic rings. The highest BCUT2D eigenvalue weighted by Crippen LogP contribution is 2.29. The molecule has 2 atom stereocenters. The highest BCUT2D eigenvalue weighted by atomic mass is 35.5. The minimum Gasteiger partial charge on any atom is -0.312 e. The van der Waals surface area contributed by atoms with Crippen molar-refractivity contribution in [3.05, 3.63) is 34.9 Å². The van der Waals surface area contributed by atoms with Gasteiger partial charge in [0.2, 0.25) is 0 Å². The van der Waals surface area contributed by atoms with Crippen LogP contribution in [0.3, 0.4) is 0 Å². The average molecular weight is 254 g/mol. The van der Waals surface area contributed by atoms with Gasteiger partial charge in [-0.05, 0) is 50.8 Å². The number of nitrogens with one attached hydrogen (secondary N) is 1. The van der Waals surface area contributed by atoms with Crippen LogP contribution < -0.4 is 5.32 Å². The molecule has 0 spiro atoms. The maximum atomic E-state index is 6.23. The fraction of sp³-hybridized carbons (Fsp3) is 0.600. The first-order valence-corrected chi connectivity index (χ1v) is 6.68. The summed E-state index contributed by atoms with van der Waals surface area (Å²) in [5.41, 5.74) is 1.42. The number of halogens is 1. The number of hydrogen-bond donors (Lipinski definition) is 1. The normalized spacial score (nSPS) is 15.6. The third-order valence-corrected chi connectivity index (χ3v) is 3.55. The van der Waals surface area contributed by atoms with Crippen LogP contribution in [0.5, 0.6) is 0 Å². The minimum absolute atomic E-state index is 0.175. The van der Waals surface area contributed by atoms with Gasteiger partial charge in [-0.3, -0.25) is 0 Å². The maximum Gasteiger partial charge on any atom is 0.0440 e. The summed E-state index contributed by atoms with van der Waals surface area (Å²) in [4.78, 5) is 0. The highest BCUT2D eigenvalue weighted by Gasteiger charge is 2.18. The Morgan fingerprint density at radius 2 is 1.76 bits per heavy atom. The lowest BCUT2D eigenvalue weighted by atomic mass is 9.88. The Labute approximate surface area is 111 Å². The van der Waals surface area contributed by atoms with Crippen LogP contribution in [0.15, 0.2) is 24.3 Å². The quantitative estimate of drug-likeness (QED) is 0.835. The zero-order chi connectivity index (χ0) is 13.1. The summed E-state index contributed by atoms with van der Waals surface area (Å²) in [5, 5.41) is 4.43. The molecule has 1 aromatic carbocycles. The van der Waals surface area contributed by atoms with Gasteiger partial charge < -0.3 is 5.32 Å². The van der Waals surface area contributed by atoms with Gasteiger partial charge in [0.1, 0.15) is 0 Å². The van der Waals surface area contributed by atoms with Gasteiger partial charge in [0.15, 0.2) is 0 Å². The molecule has 2 heteroatoms. The third kappa shape index (κ3) is 4.69. The van der Waals surface area contributed by atoms with Crippen LogP contribution in [0, 0.1) is 5.92 Å². The van der Waals surface area contributed by atoms with Crippen molar-refractivity contribution < 1.29 is 0 Å². The first-order chi connectivity index (χ1) is 7.81. The van der Waals surface area contributed by atoms with Crippen molar-refractivity contribution in [1.82, 2.24) is 5.32 Å². The standard InChI is InChI=1S/C15H24ClN/c1-11(10-17-15(3,4)5)12(2)13-8-6-7-9-14(13)16/h6-9,11-12,17H,10H2,1-5H3. The van der Waals surface area contributed by atoms with E-state index in [1.807, 2.05) is 12.1 Å². The predicted molar refractivity (Wildman–Crippen MR) is 76.8 cm³/mol. The second-order valence-electron chi connectivity index (χ2n) is 5.92. The molecule has 0 fully saturated rings. The number of benzene rings is 1. The molecule has 96 valence electrons. The van der Waals surface area contributed by atoms with Gasteiger partial charge >= 0.3 is 0 Å². The molecule has 0 aliphatic rings. The molecule has 0 aliphatic heterocycles. The molecule has 0 saturated heterocycles. The summed E-state index contributed by atoms with van der Waals surface area (Å²) in [6, 6.07) is 8.14. The maximum absolute atomic E-state index is 6.23. The molecular formula is C15H24ClN. The number of rotatable bonds is 4. The molecule has 1 nitrogen and oxygen atoms in total. The first kappa shape index (κ1) is 14.5. The van der Waals surface area contributed by atoms with E-state index < -0.39 is 0 Å². The van der Waals surface area contributed by atoms with Crippen LogP contribution in [0.2, 0.25) is 5.02 Å². The Morgan fingerprint density at radius 1 is 1.18 bits per heavy atom. The molecule has 1 N–H and O–H groups in total. The smallest absolute Gasteiger partial charge is 0.0440 e. The lowest BCUT2D eigenvalue weighted by Gasteiger charge is -2.27. The van der Waals surface area contributed by atoms with Crippen LogP contribution >= 0.6 is 11.6 Å². The lowest BCUT2D eigenvalue weighted by Crippen LogP contribution is -2.39. The van der Waals surface area contributed by atoms with E-state index in [0.717, 1.165) is 11.6 Å². The largest absolute Gasteiger partial charge is 0.312 e. The Morgan fingerprint density at radius 3 is 2.29 bits per heavy atom. The van der Waals surface area contributed by atoms with Crippen molar-refractivity contribution in [2.75, 3.05) is 6.54 Å². The predicted octanol–water partition coefficient (Wildman–Crippen LogP) is 4.47. The average Bonchev–Trinajstić information content (AvgIpc) is 2.24. The Kier molecular flexibility index (Phi) is 5.03. The van der Waals surface area contributed by atoms with Crippen LogP contribution in [0.1, 0.15) is 46.1 Å². The van der Waals surface area contributed by atoms with E-state index in [0.29, 0.717) is 11.8 Å². The second kappa shape index (κ2) is 5.88. The zero-order valence-corrected chi connectivity index (χ0v) is 12.3. The summed E-state index contributed by atoms with van der Waals surface area (Å²) in [6.45, 7) is 12.1. The van der Waals surface area contributed by atoms with Crippen LogP contribution in [-0.2, 0) is 0 Å². The Hall–Kier alpha value is -0.530. The van der Waals surface area contributed by atoms with Gasteiger partial charge in [-0.25, -0.2) is 0 Å². The summed E-state index contributed by atoms with van der Waals surface area (Å²) < 4.78 is 0. The van der Waals surface area contributed by atoms with E-state index >= 15 is 0 Å². The summed E-state index contributed by atoms with van der Waals surface area (Å²) in [6.07, 6.45) is 0. The fourth-order valence-electron chi connectivity index (χ4n) is 1.79. The minimum atomic E-state index is 0.175. The van der Waals surface area contributed by atoms with Crippen molar-refractivity contribution in [2.45, 2.75) is 46.1 Å². The van der Waals surface area contributed by atoms with E-state index in [-0.39, 0.29) is 5.54 Å². The molecule has 0 aromatic heterocycles. The van der Waals surface area contributed by atoms with Gasteiger partial charge in [-0.1, -0.05) is 43.6 Å². The Bertz CT molecular complexity index is 354.